The molecule has 2 rings (SSSR count). The number of thiophene rings is 1. The third-order valence-corrected chi connectivity index (χ3v) is 4.21. The predicted molar refractivity (Wildman–Crippen MR) is 78.5 cm³/mol. The Morgan fingerprint density at radius 2 is 1.89 bits per heavy atom. The van der Waals surface area contributed by atoms with Gasteiger partial charge in [0.15, 0.2) is 5.78 Å². The van der Waals surface area contributed by atoms with Gasteiger partial charge in [0, 0.05) is 11.3 Å². The van der Waals surface area contributed by atoms with E-state index in [9.17, 15) is 4.79 Å². The molecule has 2 heteroatoms. The SMILES string of the molecule is CCC(=O)c1ccc(-c2ccccc2C(C)C)s1. The zero-order valence-corrected chi connectivity index (χ0v) is 11.9. The second-order valence-electron chi connectivity index (χ2n) is 4.68. The fourth-order valence-corrected chi connectivity index (χ4v) is 3.09. The lowest BCUT2D eigenvalue weighted by Gasteiger charge is -2.10. The van der Waals surface area contributed by atoms with Gasteiger partial charge in [0.2, 0.25) is 0 Å². The molecule has 1 heterocycles. The molecule has 0 radical (unpaired) electrons. The summed E-state index contributed by atoms with van der Waals surface area (Å²) in [5, 5.41) is 0. The standard InChI is InChI=1S/C16H18OS/c1-4-14(17)16-10-9-15(18-16)13-8-6-5-7-12(13)11(2)3/h5-11H,4H2,1-3H3. The number of hydrogen-bond donors (Lipinski definition) is 0. The molecule has 0 saturated carbocycles. The lowest BCUT2D eigenvalue weighted by Crippen LogP contribution is -1.91. The van der Waals surface area contributed by atoms with Crippen molar-refractivity contribution in [3.8, 4) is 10.4 Å². The number of benzene rings is 1. The maximum absolute atomic E-state index is 11.7. The lowest BCUT2D eigenvalue weighted by molar-refractivity contribution is 0.0992. The van der Waals surface area contributed by atoms with Crippen LogP contribution in [0.5, 0.6) is 0 Å². The van der Waals surface area contributed by atoms with Crippen LogP contribution in [-0.4, -0.2) is 5.78 Å². The van der Waals surface area contributed by atoms with Gasteiger partial charge in [-0.15, -0.1) is 11.3 Å². The first kappa shape index (κ1) is 13.0. The summed E-state index contributed by atoms with van der Waals surface area (Å²) in [5.74, 6) is 0.724. The van der Waals surface area contributed by atoms with Crippen molar-refractivity contribution in [2.45, 2.75) is 33.1 Å². The second kappa shape index (κ2) is 5.49. The summed E-state index contributed by atoms with van der Waals surface area (Å²) in [6.07, 6.45) is 0.575. The average molecular weight is 258 g/mol. The molecule has 18 heavy (non-hydrogen) atoms. The van der Waals surface area contributed by atoms with Crippen molar-refractivity contribution in [3.05, 3.63) is 46.8 Å². The van der Waals surface area contributed by atoms with Gasteiger partial charge in [0.25, 0.3) is 0 Å². The minimum Gasteiger partial charge on any atom is -0.293 e. The summed E-state index contributed by atoms with van der Waals surface area (Å²) in [5.41, 5.74) is 2.60. The van der Waals surface area contributed by atoms with Crippen LogP contribution >= 0.6 is 11.3 Å². The van der Waals surface area contributed by atoms with Crippen LogP contribution in [0.3, 0.4) is 0 Å². The number of ketones is 1. The summed E-state index contributed by atoms with van der Waals surface area (Å²) in [7, 11) is 0. The van der Waals surface area contributed by atoms with Gasteiger partial charge in [0.05, 0.1) is 4.88 Å². The fraction of sp³-hybridized carbons (Fsp3) is 0.312. The highest BCUT2D eigenvalue weighted by Crippen LogP contribution is 2.34. The van der Waals surface area contributed by atoms with E-state index in [2.05, 4.69) is 44.2 Å². The van der Waals surface area contributed by atoms with E-state index in [-0.39, 0.29) is 5.78 Å². The summed E-state index contributed by atoms with van der Waals surface area (Å²) in [6.45, 7) is 6.30. The maximum Gasteiger partial charge on any atom is 0.172 e. The Hall–Kier alpha value is -1.41. The van der Waals surface area contributed by atoms with Crippen LogP contribution in [0.1, 0.15) is 48.3 Å². The van der Waals surface area contributed by atoms with Gasteiger partial charge in [0.1, 0.15) is 0 Å². The Balaban J connectivity index is 2.43. The Morgan fingerprint density at radius 1 is 1.17 bits per heavy atom. The molecule has 0 aliphatic heterocycles. The average Bonchev–Trinajstić information content (AvgIpc) is 2.87. The molecule has 0 N–H and O–H groups in total. The number of hydrogen-bond acceptors (Lipinski definition) is 2. The van der Waals surface area contributed by atoms with Gasteiger partial charge >= 0.3 is 0 Å². The summed E-state index contributed by atoms with van der Waals surface area (Å²) >= 11 is 1.60. The van der Waals surface area contributed by atoms with E-state index in [4.69, 9.17) is 0 Å². The van der Waals surface area contributed by atoms with E-state index >= 15 is 0 Å². The molecular weight excluding hydrogens is 240 g/mol. The first-order valence-electron chi connectivity index (χ1n) is 6.35. The predicted octanol–water partition coefficient (Wildman–Crippen LogP) is 5.13. The Morgan fingerprint density at radius 3 is 2.56 bits per heavy atom. The van der Waals surface area contributed by atoms with Gasteiger partial charge in [-0.05, 0) is 29.2 Å². The molecule has 0 atom stereocenters. The second-order valence-corrected chi connectivity index (χ2v) is 5.77. The van der Waals surface area contributed by atoms with E-state index in [1.807, 2.05) is 13.0 Å². The molecule has 94 valence electrons. The number of Topliss-reactive ketones (excluding diaryl/α,β-unsaturated/α-hetero) is 1. The molecule has 0 amide bonds. The van der Waals surface area contributed by atoms with E-state index in [0.29, 0.717) is 12.3 Å². The van der Waals surface area contributed by atoms with Gasteiger partial charge in [-0.25, -0.2) is 0 Å². The lowest BCUT2D eigenvalue weighted by atomic mass is 9.96. The van der Waals surface area contributed by atoms with Crippen LogP contribution in [-0.2, 0) is 0 Å². The quantitative estimate of drug-likeness (QED) is 0.695. The third-order valence-electron chi connectivity index (χ3n) is 3.05. The normalized spacial score (nSPS) is 10.9. The molecule has 0 unspecified atom stereocenters. The van der Waals surface area contributed by atoms with Crippen LogP contribution in [0.4, 0.5) is 0 Å². The molecule has 1 nitrogen and oxygen atoms in total. The molecule has 0 aliphatic carbocycles. The molecule has 0 bridgehead atoms. The zero-order chi connectivity index (χ0) is 13.1. The first-order chi connectivity index (χ1) is 8.63. The van der Waals surface area contributed by atoms with Gasteiger partial charge in [-0.3, -0.25) is 4.79 Å². The van der Waals surface area contributed by atoms with Crippen molar-refractivity contribution < 1.29 is 4.79 Å². The molecule has 0 aliphatic rings. The molecule has 1 aromatic carbocycles. The number of rotatable bonds is 4. The van der Waals surface area contributed by atoms with Crippen molar-refractivity contribution in [1.82, 2.24) is 0 Å². The van der Waals surface area contributed by atoms with Gasteiger partial charge in [-0.1, -0.05) is 45.0 Å². The third kappa shape index (κ3) is 2.54. The van der Waals surface area contributed by atoms with Crippen LogP contribution in [0, 0.1) is 0 Å². The molecule has 0 fully saturated rings. The molecular formula is C16H18OS. The number of carbonyl (C=O) groups is 1. The number of carbonyl (C=O) groups excluding carboxylic acids is 1. The Labute approximate surface area is 112 Å². The topological polar surface area (TPSA) is 17.1 Å². The van der Waals surface area contributed by atoms with Crippen LogP contribution in [0.25, 0.3) is 10.4 Å². The van der Waals surface area contributed by atoms with Crippen molar-refractivity contribution in [2.75, 3.05) is 0 Å². The first-order valence-corrected chi connectivity index (χ1v) is 7.17. The van der Waals surface area contributed by atoms with Crippen molar-refractivity contribution in [2.24, 2.45) is 0 Å². The van der Waals surface area contributed by atoms with Crippen LogP contribution in [0.15, 0.2) is 36.4 Å². The summed E-state index contributed by atoms with van der Waals surface area (Å²) in [4.78, 5) is 13.7. The Kier molecular flexibility index (Phi) is 3.97. The van der Waals surface area contributed by atoms with Crippen molar-refractivity contribution in [1.29, 1.82) is 0 Å². The summed E-state index contributed by atoms with van der Waals surface area (Å²) in [6, 6.07) is 12.5. The highest BCUT2D eigenvalue weighted by molar-refractivity contribution is 7.17. The van der Waals surface area contributed by atoms with E-state index in [1.54, 1.807) is 11.3 Å². The van der Waals surface area contributed by atoms with Crippen LogP contribution < -0.4 is 0 Å². The minimum atomic E-state index is 0.230. The maximum atomic E-state index is 11.7. The van der Waals surface area contributed by atoms with Gasteiger partial charge in [-0.2, -0.15) is 0 Å². The highest BCUT2D eigenvalue weighted by atomic mass is 32.1. The van der Waals surface area contributed by atoms with E-state index in [1.165, 1.54) is 16.0 Å². The molecule has 1 aromatic heterocycles. The Bertz CT molecular complexity index is 552. The molecule has 0 saturated heterocycles. The largest absolute Gasteiger partial charge is 0.293 e. The van der Waals surface area contributed by atoms with Crippen molar-refractivity contribution in [3.63, 3.8) is 0 Å². The smallest absolute Gasteiger partial charge is 0.172 e. The summed E-state index contributed by atoms with van der Waals surface area (Å²) < 4.78 is 0. The molecule has 0 spiro atoms. The van der Waals surface area contributed by atoms with E-state index in [0.717, 1.165) is 4.88 Å². The monoisotopic (exact) mass is 258 g/mol. The fourth-order valence-electron chi connectivity index (χ4n) is 2.03. The zero-order valence-electron chi connectivity index (χ0n) is 11.1. The highest BCUT2D eigenvalue weighted by Gasteiger charge is 2.12. The minimum absolute atomic E-state index is 0.230. The van der Waals surface area contributed by atoms with Crippen molar-refractivity contribution >= 4 is 17.1 Å². The van der Waals surface area contributed by atoms with Crippen LogP contribution in [0.2, 0.25) is 0 Å². The van der Waals surface area contributed by atoms with E-state index < -0.39 is 0 Å². The van der Waals surface area contributed by atoms with Gasteiger partial charge < -0.3 is 0 Å². The molecule has 2 aromatic rings.